The summed E-state index contributed by atoms with van der Waals surface area (Å²) in [6.07, 6.45) is 3.00. The van der Waals surface area contributed by atoms with Crippen LogP contribution in [0, 0.1) is 0 Å². The van der Waals surface area contributed by atoms with Crippen LogP contribution in [-0.4, -0.2) is 78.1 Å². The average molecular weight is 409 g/mol. The van der Waals surface area contributed by atoms with Crippen molar-refractivity contribution in [1.82, 2.24) is 15.5 Å². The molecule has 0 unspecified atom stereocenters. The molecular weight excluding hydrogens is 368 g/mol. The SMILES string of the molecule is CCNC(=NCCCc1ccc(OC)c(OCC)c1)NCCCN(C)CCOC. The molecule has 0 amide bonds. The van der Waals surface area contributed by atoms with E-state index in [9.17, 15) is 0 Å². The third-order valence-corrected chi connectivity index (χ3v) is 4.45. The van der Waals surface area contributed by atoms with Crippen molar-refractivity contribution in [3.63, 3.8) is 0 Å². The van der Waals surface area contributed by atoms with E-state index in [1.165, 1.54) is 5.56 Å². The van der Waals surface area contributed by atoms with Crippen LogP contribution in [0.5, 0.6) is 11.5 Å². The number of rotatable bonds is 15. The molecule has 0 radical (unpaired) electrons. The topological polar surface area (TPSA) is 67.4 Å². The Hall–Kier alpha value is -1.99. The zero-order chi connectivity index (χ0) is 21.3. The quantitative estimate of drug-likeness (QED) is 0.264. The number of ether oxygens (including phenoxy) is 3. The molecule has 0 aromatic heterocycles. The molecule has 0 bridgehead atoms. The third-order valence-electron chi connectivity index (χ3n) is 4.45. The van der Waals surface area contributed by atoms with Crippen LogP contribution in [0.15, 0.2) is 23.2 Å². The Morgan fingerprint density at radius 1 is 1.07 bits per heavy atom. The maximum absolute atomic E-state index is 5.66. The monoisotopic (exact) mass is 408 g/mol. The molecule has 166 valence electrons. The molecule has 0 atom stereocenters. The fourth-order valence-corrected chi connectivity index (χ4v) is 2.88. The van der Waals surface area contributed by atoms with E-state index in [0.29, 0.717) is 6.61 Å². The van der Waals surface area contributed by atoms with Gasteiger partial charge < -0.3 is 29.7 Å². The van der Waals surface area contributed by atoms with Crippen LogP contribution in [0.1, 0.15) is 32.3 Å². The van der Waals surface area contributed by atoms with Crippen molar-refractivity contribution in [1.29, 1.82) is 0 Å². The highest BCUT2D eigenvalue weighted by Gasteiger charge is 2.05. The number of guanidine groups is 1. The highest BCUT2D eigenvalue weighted by molar-refractivity contribution is 5.79. The lowest BCUT2D eigenvalue weighted by Crippen LogP contribution is -2.38. The molecule has 0 aliphatic carbocycles. The Balaban J connectivity index is 2.39. The van der Waals surface area contributed by atoms with Crippen molar-refractivity contribution in [3.8, 4) is 11.5 Å². The maximum atomic E-state index is 5.66. The molecule has 0 saturated carbocycles. The Morgan fingerprint density at radius 3 is 2.59 bits per heavy atom. The molecule has 2 N–H and O–H groups in total. The van der Waals surface area contributed by atoms with E-state index in [0.717, 1.165) is 76.1 Å². The number of hydrogen-bond acceptors (Lipinski definition) is 5. The van der Waals surface area contributed by atoms with Gasteiger partial charge in [-0.3, -0.25) is 4.99 Å². The van der Waals surface area contributed by atoms with Gasteiger partial charge in [-0.25, -0.2) is 0 Å². The summed E-state index contributed by atoms with van der Waals surface area (Å²) in [7, 11) is 5.52. The Morgan fingerprint density at radius 2 is 1.90 bits per heavy atom. The number of likely N-dealkylation sites (N-methyl/N-ethyl adjacent to an activating group) is 1. The highest BCUT2D eigenvalue weighted by atomic mass is 16.5. The number of hydrogen-bond donors (Lipinski definition) is 2. The second-order valence-electron chi connectivity index (χ2n) is 6.86. The van der Waals surface area contributed by atoms with E-state index < -0.39 is 0 Å². The second-order valence-corrected chi connectivity index (χ2v) is 6.86. The first-order chi connectivity index (χ1) is 14.1. The third kappa shape index (κ3) is 10.9. The molecule has 0 saturated heterocycles. The van der Waals surface area contributed by atoms with Crippen LogP contribution in [0.3, 0.4) is 0 Å². The van der Waals surface area contributed by atoms with E-state index in [4.69, 9.17) is 19.2 Å². The van der Waals surface area contributed by atoms with Crippen LogP contribution >= 0.6 is 0 Å². The van der Waals surface area contributed by atoms with Crippen LogP contribution in [0.4, 0.5) is 0 Å². The van der Waals surface area contributed by atoms with Gasteiger partial charge >= 0.3 is 0 Å². The van der Waals surface area contributed by atoms with E-state index in [2.05, 4.69) is 41.6 Å². The summed E-state index contributed by atoms with van der Waals surface area (Å²) in [5.41, 5.74) is 1.24. The lowest BCUT2D eigenvalue weighted by atomic mass is 10.1. The molecule has 1 aromatic carbocycles. The maximum Gasteiger partial charge on any atom is 0.191 e. The summed E-state index contributed by atoms with van der Waals surface area (Å²) < 4.78 is 16.1. The van der Waals surface area contributed by atoms with Gasteiger partial charge in [-0.05, 0) is 64.4 Å². The molecule has 0 fully saturated rings. The first-order valence-corrected chi connectivity index (χ1v) is 10.6. The molecular formula is C22H40N4O3. The highest BCUT2D eigenvalue weighted by Crippen LogP contribution is 2.28. The van der Waals surface area contributed by atoms with Crippen LogP contribution in [0.2, 0.25) is 0 Å². The van der Waals surface area contributed by atoms with Gasteiger partial charge in [0.05, 0.1) is 20.3 Å². The molecule has 0 aliphatic heterocycles. The number of nitrogens with one attached hydrogen (secondary N) is 2. The summed E-state index contributed by atoms with van der Waals surface area (Å²) in [6, 6.07) is 6.13. The van der Waals surface area contributed by atoms with Gasteiger partial charge in [0.1, 0.15) is 0 Å². The zero-order valence-corrected chi connectivity index (χ0v) is 18.9. The second kappa shape index (κ2) is 15.9. The Kier molecular flexibility index (Phi) is 13.7. The summed E-state index contributed by atoms with van der Waals surface area (Å²) >= 11 is 0. The minimum Gasteiger partial charge on any atom is -0.493 e. The number of benzene rings is 1. The number of nitrogens with zero attached hydrogens (tertiary/aromatic N) is 2. The van der Waals surface area contributed by atoms with E-state index in [1.807, 2.05) is 13.0 Å². The lowest BCUT2D eigenvalue weighted by molar-refractivity contribution is 0.161. The van der Waals surface area contributed by atoms with Gasteiger partial charge in [-0.1, -0.05) is 6.07 Å². The van der Waals surface area contributed by atoms with Gasteiger partial charge in [0.15, 0.2) is 17.5 Å². The molecule has 0 aliphatic rings. The van der Waals surface area contributed by atoms with Gasteiger partial charge in [0, 0.05) is 33.3 Å². The molecule has 7 nitrogen and oxygen atoms in total. The van der Waals surface area contributed by atoms with Gasteiger partial charge in [-0.2, -0.15) is 0 Å². The fraction of sp³-hybridized carbons (Fsp3) is 0.682. The molecule has 7 heteroatoms. The van der Waals surface area contributed by atoms with Crippen molar-refractivity contribution in [2.24, 2.45) is 4.99 Å². The van der Waals surface area contributed by atoms with Gasteiger partial charge in [0.25, 0.3) is 0 Å². The first kappa shape index (κ1) is 25.0. The minimum absolute atomic E-state index is 0.629. The van der Waals surface area contributed by atoms with Gasteiger partial charge in [-0.15, -0.1) is 0 Å². The number of methoxy groups -OCH3 is 2. The van der Waals surface area contributed by atoms with Crippen molar-refractivity contribution >= 4 is 5.96 Å². The molecule has 0 spiro atoms. The van der Waals surface area contributed by atoms with Crippen molar-refractivity contribution in [3.05, 3.63) is 23.8 Å². The summed E-state index contributed by atoms with van der Waals surface area (Å²) in [5, 5.41) is 6.73. The predicted octanol–water partition coefficient (Wildman–Crippen LogP) is 2.55. The molecule has 1 aromatic rings. The number of aliphatic imine (C=N–C) groups is 1. The predicted molar refractivity (Wildman–Crippen MR) is 120 cm³/mol. The smallest absolute Gasteiger partial charge is 0.191 e. The van der Waals surface area contributed by atoms with E-state index in [-0.39, 0.29) is 0 Å². The molecule has 0 heterocycles. The normalized spacial score (nSPS) is 11.6. The van der Waals surface area contributed by atoms with Crippen molar-refractivity contribution < 1.29 is 14.2 Å². The largest absolute Gasteiger partial charge is 0.493 e. The Bertz CT molecular complexity index is 581. The summed E-state index contributed by atoms with van der Waals surface area (Å²) in [5.74, 6) is 2.47. The van der Waals surface area contributed by atoms with Crippen molar-refractivity contribution in [2.45, 2.75) is 33.1 Å². The summed E-state index contributed by atoms with van der Waals surface area (Å²) in [6.45, 7) is 10.00. The standard InChI is InChI=1S/C22H40N4O3/c1-6-23-22(25-14-9-15-26(3)16-17-27-4)24-13-8-10-19-11-12-20(28-5)21(18-19)29-7-2/h11-12,18H,6-10,13-17H2,1-5H3,(H2,23,24,25). The average Bonchev–Trinajstić information content (AvgIpc) is 2.73. The zero-order valence-electron chi connectivity index (χ0n) is 18.9. The van der Waals surface area contributed by atoms with Crippen LogP contribution in [-0.2, 0) is 11.2 Å². The molecule has 29 heavy (non-hydrogen) atoms. The summed E-state index contributed by atoms with van der Waals surface area (Å²) in [4.78, 5) is 6.97. The van der Waals surface area contributed by atoms with Crippen LogP contribution in [0.25, 0.3) is 0 Å². The minimum atomic E-state index is 0.629. The first-order valence-electron chi connectivity index (χ1n) is 10.6. The number of aryl methyl sites for hydroxylation is 1. The molecule has 1 rings (SSSR count). The van der Waals surface area contributed by atoms with E-state index in [1.54, 1.807) is 14.2 Å². The van der Waals surface area contributed by atoms with Gasteiger partial charge in [0.2, 0.25) is 0 Å². The van der Waals surface area contributed by atoms with E-state index >= 15 is 0 Å². The van der Waals surface area contributed by atoms with Crippen molar-refractivity contribution in [2.75, 3.05) is 67.2 Å². The Labute approximate surface area is 176 Å². The van der Waals surface area contributed by atoms with Crippen LogP contribution < -0.4 is 20.1 Å². The fourth-order valence-electron chi connectivity index (χ4n) is 2.88. The lowest BCUT2D eigenvalue weighted by Gasteiger charge is -2.17.